The number of aliphatic imine (C=N–C) groups is 1. The number of aryl methyl sites for hydroxylation is 1. The Hall–Kier alpha value is -3.20. The predicted molar refractivity (Wildman–Crippen MR) is 113 cm³/mol. The second-order valence-electron chi connectivity index (χ2n) is 6.44. The molecular formula is C20H20N4O4S. The molecule has 8 nitrogen and oxygen atoms in total. The van der Waals surface area contributed by atoms with Crippen LogP contribution in [0.15, 0.2) is 53.5 Å². The maximum atomic E-state index is 12.5. The van der Waals surface area contributed by atoms with Gasteiger partial charge >= 0.3 is 0 Å². The van der Waals surface area contributed by atoms with Gasteiger partial charge in [-0.2, -0.15) is 0 Å². The molecular weight excluding hydrogens is 392 g/mol. The summed E-state index contributed by atoms with van der Waals surface area (Å²) in [6, 6.07) is 13.6. The molecule has 2 aromatic rings. The summed E-state index contributed by atoms with van der Waals surface area (Å²) in [7, 11) is 1.62. The highest BCUT2D eigenvalue weighted by Crippen LogP contribution is 2.31. The van der Waals surface area contributed by atoms with Gasteiger partial charge in [-0.05, 0) is 30.2 Å². The molecule has 2 aromatic carbocycles. The molecule has 1 atom stereocenters. The van der Waals surface area contributed by atoms with Crippen LogP contribution in [0, 0.1) is 10.1 Å². The normalized spacial score (nSPS) is 17.6. The first-order valence-corrected chi connectivity index (χ1v) is 9.92. The molecule has 0 radical (unpaired) electrons. The first-order valence-electron chi connectivity index (χ1n) is 9.04. The summed E-state index contributed by atoms with van der Waals surface area (Å²) >= 11 is 1.21. The van der Waals surface area contributed by atoms with Crippen molar-refractivity contribution in [1.29, 1.82) is 0 Å². The molecule has 0 spiro atoms. The van der Waals surface area contributed by atoms with Gasteiger partial charge in [0.2, 0.25) is 11.8 Å². The lowest BCUT2D eigenvalue weighted by atomic mass is 10.2. The van der Waals surface area contributed by atoms with Crippen LogP contribution in [0.3, 0.4) is 0 Å². The van der Waals surface area contributed by atoms with Gasteiger partial charge in [0.25, 0.3) is 5.69 Å². The van der Waals surface area contributed by atoms with E-state index < -0.39 is 16.1 Å². The predicted octanol–water partition coefficient (Wildman–Crippen LogP) is 3.75. The van der Waals surface area contributed by atoms with Crippen LogP contribution in [0.1, 0.15) is 18.9 Å². The third-order valence-corrected chi connectivity index (χ3v) is 5.68. The quantitative estimate of drug-likeness (QED) is 0.575. The van der Waals surface area contributed by atoms with Gasteiger partial charge in [0.15, 0.2) is 5.17 Å². The summed E-state index contributed by atoms with van der Waals surface area (Å²) in [6.45, 7) is 2.07. The van der Waals surface area contributed by atoms with E-state index in [0.29, 0.717) is 5.17 Å². The van der Waals surface area contributed by atoms with Crippen molar-refractivity contribution in [2.75, 3.05) is 12.4 Å². The van der Waals surface area contributed by atoms with Crippen LogP contribution in [-0.4, -0.2) is 39.1 Å². The van der Waals surface area contributed by atoms with E-state index in [1.807, 2.05) is 24.3 Å². The van der Waals surface area contributed by atoms with E-state index >= 15 is 0 Å². The highest BCUT2D eigenvalue weighted by Gasteiger charge is 2.37. The topological polar surface area (TPSA) is 105 Å². The molecule has 29 heavy (non-hydrogen) atoms. The van der Waals surface area contributed by atoms with Gasteiger partial charge in [0.1, 0.15) is 10.9 Å². The molecule has 1 heterocycles. The van der Waals surface area contributed by atoms with Gasteiger partial charge in [0.05, 0.1) is 10.6 Å². The van der Waals surface area contributed by atoms with Crippen molar-refractivity contribution in [3.05, 3.63) is 64.2 Å². The number of amidine groups is 1. The summed E-state index contributed by atoms with van der Waals surface area (Å²) in [5, 5.41) is 13.5. The Morgan fingerprint density at radius 2 is 1.93 bits per heavy atom. The van der Waals surface area contributed by atoms with E-state index in [-0.39, 0.29) is 23.7 Å². The van der Waals surface area contributed by atoms with Crippen molar-refractivity contribution >= 4 is 45.8 Å². The first-order chi connectivity index (χ1) is 13.9. The molecule has 0 aromatic heterocycles. The molecule has 0 aliphatic carbocycles. The largest absolute Gasteiger partial charge is 0.320 e. The molecule has 1 aliphatic rings. The number of thioether (sulfide) groups is 1. The summed E-state index contributed by atoms with van der Waals surface area (Å²) in [6.07, 6.45) is 0.828. The zero-order valence-corrected chi connectivity index (χ0v) is 16.8. The van der Waals surface area contributed by atoms with Crippen molar-refractivity contribution in [3.8, 4) is 0 Å². The number of carbonyl (C=O) groups is 2. The number of hydrogen-bond donors (Lipinski definition) is 1. The number of amides is 2. The minimum atomic E-state index is -0.628. The zero-order chi connectivity index (χ0) is 21.0. The first kappa shape index (κ1) is 20.5. The smallest absolute Gasteiger partial charge is 0.292 e. The van der Waals surface area contributed by atoms with Crippen molar-refractivity contribution in [2.24, 2.45) is 4.99 Å². The number of para-hydroxylation sites is 2. The number of rotatable bonds is 6. The maximum absolute atomic E-state index is 12.5. The average Bonchev–Trinajstić information content (AvgIpc) is 2.96. The Morgan fingerprint density at radius 3 is 2.59 bits per heavy atom. The molecule has 1 saturated heterocycles. The van der Waals surface area contributed by atoms with E-state index in [2.05, 4.69) is 17.2 Å². The highest BCUT2D eigenvalue weighted by molar-refractivity contribution is 8.15. The SMILES string of the molecule is CCc1ccc(N=C2S[C@@H](CC(=O)Nc3ccccc3[N+](=O)[O-])C(=O)N2C)cc1. The number of benzene rings is 2. The standard InChI is InChI=1S/C20H20N4O4S/c1-3-13-8-10-14(11-9-13)21-20-23(2)19(26)17(29-20)12-18(25)22-15-6-4-5-7-16(15)24(27)28/h4-11,17H,3,12H2,1-2H3,(H,22,25)/t17-/m0/s1. The maximum Gasteiger partial charge on any atom is 0.292 e. The third-order valence-electron chi connectivity index (χ3n) is 4.46. The van der Waals surface area contributed by atoms with E-state index in [1.165, 1.54) is 40.4 Å². The second-order valence-corrected chi connectivity index (χ2v) is 7.61. The Bertz CT molecular complexity index is 975. The summed E-state index contributed by atoms with van der Waals surface area (Å²) in [5.74, 6) is -0.691. The van der Waals surface area contributed by atoms with E-state index in [0.717, 1.165) is 12.1 Å². The molecule has 3 rings (SSSR count). The van der Waals surface area contributed by atoms with E-state index in [4.69, 9.17) is 0 Å². The lowest BCUT2D eigenvalue weighted by molar-refractivity contribution is -0.383. The van der Waals surface area contributed by atoms with Gasteiger partial charge in [-0.25, -0.2) is 4.99 Å². The summed E-state index contributed by atoms with van der Waals surface area (Å²) in [5.41, 5.74) is 1.84. The van der Waals surface area contributed by atoms with Crippen LogP contribution in [0.25, 0.3) is 0 Å². The summed E-state index contributed by atoms with van der Waals surface area (Å²) < 4.78 is 0. The number of hydrogen-bond acceptors (Lipinski definition) is 6. The molecule has 0 bridgehead atoms. The van der Waals surface area contributed by atoms with Crippen molar-refractivity contribution in [1.82, 2.24) is 4.90 Å². The summed E-state index contributed by atoms with van der Waals surface area (Å²) in [4.78, 5) is 41.3. The number of anilines is 1. The van der Waals surface area contributed by atoms with Crippen LogP contribution in [0.2, 0.25) is 0 Å². The molecule has 0 unspecified atom stereocenters. The highest BCUT2D eigenvalue weighted by atomic mass is 32.2. The van der Waals surface area contributed by atoms with E-state index in [1.54, 1.807) is 13.1 Å². The molecule has 0 saturated carbocycles. The molecule has 150 valence electrons. The fourth-order valence-electron chi connectivity index (χ4n) is 2.82. The Labute approximate surface area is 172 Å². The molecule has 2 amide bonds. The van der Waals surface area contributed by atoms with E-state index in [9.17, 15) is 19.7 Å². The zero-order valence-electron chi connectivity index (χ0n) is 16.0. The molecule has 9 heteroatoms. The van der Waals surface area contributed by atoms with Gasteiger partial charge in [0, 0.05) is 19.5 Å². The Kier molecular flexibility index (Phi) is 6.28. The molecule has 1 aliphatic heterocycles. The van der Waals surface area contributed by atoms with Gasteiger partial charge in [-0.15, -0.1) is 0 Å². The van der Waals surface area contributed by atoms with Crippen LogP contribution in [0.4, 0.5) is 17.1 Å². The number of nitrogens with one attached hydrogen (secondary N) is 1. The lowest BCUT2D eigenvalue weighted by Crippen LogP contribution is -2.30. The van der Waals surface area contributed by atoms with Crippen LogP contribution >= 0.6 is 11.8 Å². The van der Waals surface area contributed by atoms with Crippen LogP contribution in [-0.2, 0) is 16.0 Å². The van der Waals surface area contributed by atoms with Gasteiger partial charge in [-0.3, -0.25) is 24.6 Å². The number of carbonyl (C=O) groups excluding carboxylic acids is 2. The van der Waals surface area contributed by atoms with Gasteiger partial charge < -0.3 is 5.32 Å². The van der Waals surface area contributed by atoms with Crippen molar-refractivity contribution in [3.63, 3.8) is 0 Å². The molecule has 1 fully saturated rings. The fraction of sp³-hybridized carbons (Fsp3) is 0.250. The second kappa shape index (κ2) is 8.87. The molecule has 1 N–H and O–H groups in total. The number of nitrogens with zero attached hydrogens (tertiary/aromatic N) is 3. The average molecular weight is 412 g/mol. The van der Waals surface area contributed by atoms with Gasteiger partial charge in [-0.1, -0.05) is 43.0 Å². The monoisotopic (exact) mass is 412 g/mol. The van der Waals surface area contributed by atoms with Crippen LogP contribution in [0.5, 0.6) is 0 Å². The number of nitro groups is 1. The number of nitro benzene ring substituents is 1. The van der Waals surface area contributed by atoms with Crippen molar-refractivity contribution < 1.29 is 14.5 Å². The minimum absolute atomic E-state index is 0.103. The lowest BCUT2D eigenvalue weighted by Gasteiger charge is -2.09. The third kappa shape index (κ3) is 4.80. The Morgan fingerprint density at radius 1 is 1.24 bits per heavy atom. The van der Waals surface area contributed by atoms with Crippen molar-refractivity contribution in [2.45, 2.75) is 25.0 Å². The fourth-order valence-corrected chi connectivity index (χ4v) is 3.98. The Balaban J connectivity index is 1.69. The van der Waals surface area contributed by atoms with Crippen LogP contribution < -0.4 is 5.32 Å². The minimum Gasteiger partial charge on any atom is -0.320 e.